The molecule has 2 nitrogen and oxygen atoms in total. The lowest BCUT2D eigenvalue weighted by Gasteiger charge is -2.09. The summed E-state index contributed by atoms with van der Waals surface area (Å²) in [6.07, 6.45) is 4.03. The third-order valence-corrected chi connectivity index (χ3v) is 1.67. The minimum Gasteiger partial charge on any atom is -0.478 e. The largest absolute Gasteiger partial charge is 0.478 e. The van der Waals surface area contributed by atoms with Crippen molar-refractivity contribution < 1.29 is 9.90 Å². The van der Waals surface area contributed by atoms with E-state index < -0.39 is 5.97 Å². The Bertz CT molecular complexity index is 269. The van der Waals surface area contributed by atoms with Crippen LogP contribution in [0.25, 0.3) is 0 Å². The number of rotatable bonds is 1. The van der Waals surface area contributed by atoms with Gasteiger partial charge in [-0.25, -0.2) is 4.79 Å². The van der Waals surface area contributed by atoms with Gasteiger partial charge in [-0.3, -0.25) is 0 Å². The number of hydrogen-bond acceptors (Lipinski definition) is 1. The van der Waals surface area contributed by atoms with E-state index in [1.165, 1.54) is 0 Å². The van der Waals surface area contributed by atoms with Crippen molar-refractivity contribution in [3.8, 4) is 0 Å². The Balaban J connectivity index is 2.97. The van der Waals surface area contributed by atoms with Crippen LogP contribution < -0.4 is 0 Å². The molecule has 0 bridgehead atoms. The number of hydrogen-bond donors (Lipinski definition) is 1. The molecule has 0 atom stereocenters. The van der Waals surface area contributed by atoms with Gasteiger partial charge in [0.15, 0.2) is 0 Å². The molecule has 1 aliphatic carbocycles. The molecule has 0 heterocycles. The van der Waals surface area contributed by atoms with Crippen molar-refractivity contribution in [2.24, 2.45) is 0 Å². The number of aliphatic carboxylic acids is 1. The molecule has 0 saturated heterocycles. The molecule has 1 N–H and O–H groups in total. The van der Waals surface area contributed by atoms with E-state index in [0.717, 1.165) is 11.1 Å². The summed E-state index contributed by atoms with van der Waals surface area (Å²) in [6, 6.07) is 0. The van der Waals surface area contributed by atoms with Crippen LogP contribution in [0.3, 0.4) is 0 Å². The number of carboxylic acids is 1. The van der Waals surface area contributed by atoms with Crippen molar-refractivity contribution in [3.05, 3.63) is 35.5 Å². The molecular weight excluding hydrogens is 140 g/mol. The van der Waals surface area contributed by atoms with Gasteiger partial charge in [0.1, 0.15) is 0 Å². The van der Waals surface area contributed by atoms with Crippen LogP contribution in [0.15, 0.2) is 35.5 Å². The second kappa shape index (κ2) is 2.74. The van der Waals surface area contributed by atoms with Gasteiger partial charge in [-0.15, -0.1) is 0 Å². The Morgan fingerprint density at radius 3 is 2.73 bits per heavy atom. The molecule has 0 aliphatic heterocycles. The van der Waals surface area contributed by atoms with E-state index in [9.17, 15) is 4.79 Å². The van der Waals surface area contributed by atoms with Crippen molar-refractivity contribution in [1.82, 2.24) is 0 Å². The maximum atomic E-state index is 10.5. The van der Waals surface area contributed by atoms with Crippen LogP contribution in [0.1, 0.15) is 13.3 Å². The van der Waals surface area contributed by atoms with Crippen molar-refractivity contribution in [2.45, 2.75) is 13.3 Å². The highest BCUT2D eigenvalue weighted by Crippen LogP contribution is 2.21. The van der Waals surface area contributed by atoms with Gasteiger partial charge in [-0.1, -0.05) is 23.8 Å². The van der Waals surface area contributed by atoms with Crippen LogP contribution in [-0.2, 0) is 4.79 Å². The molecule has 0 spiro atoms. The average molecular weight is 150 g/mol. The Morgan fingerprint density at radius 1 is 1.64 bits per heavy atom. The fourth-order valence-corrected chi connectivity index (χ4v) is 1.09. The molecule has 0 amide bonds. The van der Waals surface area contributed by atoms with Crippen molar-refractivity contribution in [3.63, 3.8) is 0 Å². The van der Waals surface area contributed by atoms with Gasteiger partial charge in [-0.05, 0) is 19.4 Å². The van der Waals surface area contributed by atoms with Crippen molar-refractivity contribution >= 4 is 5.97 Å². The fourth-order valence-electron chi connectivity index (χ4n) is 1.09. The molecule has 2 heteroatoms. The van der Waals surface area contributed by atoms with E-state index in [1.807, 2.05) is 6.92 Å². The van der Waals surface area contributed by atoms with Gasteiger partial charge in [-0.2, -0.15) is 0 Å². The molecule has 0 unspecified atom stereocenters. The molecule has 0 aromatic rings. The zero-order chi connectivity index (χ0) is 8.43. The van der Waals surface area contributed by atoms with Gasteiger partial charge < -0.3 is 5.11 Å². The predicted molar refractivity (Wildman–Crippen MR) is 43.2 cm³/mol. The number of allylic oxidation sites excluding steroid dienone is 3. The van der Waals surface area contributed by atoms with Gasteiger partial charge in [0.05, 0.1) is 5.57 Å². The summed E-state index contributed by atoms with van der Waals surface area (Å²) in [5.41, 5.74) is 2.25. The normalized spacial score (nSPS) is 17.4. The highest BCUT2D eigenvalue weighted by atomic mass is 16.4. The highest BCUT2D eigenvalue weighted by molar-refractivity contribution is 5.91. The zero-order valence-electron chi connectivity index (χ0n) is 6.42. The molecule has 0 aromatic carbocycles. The van der Waals surface area contributed by atoms with E-state index in [1.54, 1.807) is 12.2 Å². The second-order valence-electron chi connectivity index (χ2n) is 2.67. The minimum atomic E-state index is -0.855. The van der Waals surface area contributed by atoms with Crippen LogP contribution in [0.2, 0.25) is 0 Å². The summed E-state index contributed by atoms with van der Waals surface area (Å²) < 4.78 is 0. The van der Waals surface area contributed by atoms with Crippen molar-refractivity contribution in [2.75, 3.05) is 0 Å². The third kappa shape index (κ3) is 1.58. The standard InChI is InChI=1S/C9H10O2/c1-6-3-4-8(9(10)11)7(2)5-6/h3-4H,1,5H2,2H3,(H,10,11). The van der Waals surface area contributed by atoms with E-state index in [-0.39, 0.29) is 0 Å². The predicted octanol–water partition coefficient (Wildman–Crippen LogP) is 1.90. The van der Waals surface area contributed by atoms with Crippen LogP contribution >= 0.6 is 0 Å². The topological polar surface area (TPSA) is 37.3 Å². The van der Waals surface area contributed by atoms with E-state index in [4.69, 9.17) is 5.11 Å². The quantitative estimate of drug-likeness (QED) is 0.619. The molecule has 0 saturated carbocycles. The number of carboxylic acid groups (broad SMARTS) is 1. The molecule has 11 heavy (non-hydrogen) atoms. The number of carbonyl (C=O) groups is 1. The van der Waals surface area contributed by atoms with Crippen LogP contribution in [0.5, 0.6) is 0 Å². The molecule has 0 radical (unpaired) electrons. The summed E-state index contributed by atoms with van der Waals surface area (Å²) in [5, 5.41) is 8.66. The average Bonchev–Trinajstić information content (AvgIpc) is 1.85. The molecule has 1 rings (SSSR count). The minimum absolute atomic E-state index is 0.400. The summed E-state index contributed by atoms with van der Waals surface area (Å²) in [5.74, 6) is -0.855. The van der Waals surface area contributed by atoms with Gasteiger partial charge in [0.2, 0.25) is 0 Å². The maximum Gasteiger partial charge on any atom is 0.335 e. The zero-order valence-corrected chi connectivity index (χ0v) is 6.42. The first-order chi connectivity index (χ1) is 5.11. The first-order valence-corrected chi connectivity index (χ1v) is 3.40. The van der Waals surface area contributed by atoms with Gasteiger partial charge in [0.25, 0.3) is 0 Å². The molecule has 0 fully saturated rings. The molecule has 58 valence electrons. The van der Waals surface area contributed by atoms with Crippen LogP contribution in [-0.4, -0.2) is 11.1 Å². The van der Waals surface area contributed by atoms with Crippen LogP contribution in [0.4, 0.5) is 0 Å². The smallest absolute Gasteiger partial charge is 0.335 e. The Morgan fingerprint density at radius 2 is 2.27 bits per heavy atom. The van der Waals surface area contributed by atoms with Crippen LogP contribution in [0, 0.1) is 0 Å². The van der Waals surface area contributed by atoms with E-state index >= 15 is 0 Å². The molecule has 1 aliphatic rings. The van der Waals surface area contributed by atoms with Crippen molar-refractivity contribution in [1.29, 1.82) is 0 Å². The summed E-state index contributed by atoms with van der Waals surface area (Å²) in [7, 11) is 0. The van der Waals surface area contributed by atoms with E-state index in [2.05, 4.69) is 6.58 Å². The highest BCUT2D eigenvalue weighted by Gasteiger charge is 2.11. The monoisotopic (exact) mass is 150 g/mol. The first kappa shape index (κ1) is 7.79. The van der Waals surface area contributed by atoms with Gasteiger partial charge >= 0.3 is 5.97 Å². The second-order valence-corrected chi connectivity index (χ2v) is 2.67. The Labute approximate surface area is 65.5 Å². The Hall–Kier alpha value is -1.31. The maximum absolute atomic E-state index is 10.5. The first-order valence-electron chi connectivity index (χ1n) is 3.40. The summed E-state index contributed by atoms with van der Waals surface area (Å²) in [6.45, 7) is 5.56. The lowest BCUT2D eigenvalue weighted by Crippen LogP contribution is -2.04. The molecule has 0 aromatic heterocycles. The van der Waals surface area contributed by atoms with E-state index in [0.29, 0.717) is 12.0 Å². The summed E-state index contributed by atoms with van der Waals surface area (Å²) in [4.78, 5) is 10.5. The lowest BCUT2D eigenvalue weighted by molar-refractivity contribution is -0.132. The lowest BCUT2D eigenvalue weighted by atomic mass is 9.96. The summed E-state index contributed by atoms with van der Waals surface area (Å²) >= 11 is 0. The Kier molecular flexibility index (Phi) is 1.94. The third-order valence-electron chi connectivity index (χ3n) is 1.67. The fraction of sp³-hybridized carbons (Fsp3) is 0.222. The molecular formula is C9H10O2. The van der Waals surface area contributed by atoms with Gasteiger partial charge in [0, 0.05) is 0 Å². The SMILES string of the molecule is C=C1C=CC(C(=O)O)=C(C)C1.